The van der Waals surface area contributed by atoms with Gasteiger partial charge in [-0.05, 0) is 31.2 Å². The van der Waals surface area contributed by atoms with Crippen molar-refractivity contribution in [3.63, 3.8) is 0 Å². The molecule has 0 radical (unpaired) electrons. The Bertz CT molecular complexity index is 385. The topological polar surface area (TPSA) is 92.4 Å². The van der Waals surface area contributed by atoms with E-state index in [0.717, 1.165) is 0 Å². The number of carbonyl (C=O) groups excluding carboxylic acids is 2. The first-order chi connectivity index (χ1) is 7.50. The molecule has 0 aliphatic heterocycles. The van der Waals surface area contributed by atoms with Crippen molar-refractivity contribution in [2.45, 2.75) is 13.0 Å². The number of nitrogens with one attached hydrogen (secondary N) is 1. The van der Waals surface area contributed by atoms with E-state index in [1.807, 2.05) is 0 Å². The van der Waals surface area contributed by atoms with Gasteiger partial charge in [0.15, 0.2) is 0 Å². The maximum atomic E-state index is 11.5. The second kappa shape index (κ2) is 5.27. The maximum absolute atomic E-state index is 11.5. The highest BCUT2D eigenvalue weighted by atomic mass is 16.3. The number of carbonyl (C=O) groups is 2. The Morgan fingerprint density at radius 2 is 1.81 bits per heavy atom. The fourth-order valence-electron chi connectivity index (χ4n) is 1.13. The molecule has 4 N–H and O–H groups in total. The SMILES string of the molecule is C[C@H](O)CNC(=O)c1ccc(C(N)=O)cc1. The molecule has 0 aliphatic rings. The predicted molar refractivity (Wildman–Crippen MR) is 59.0 cm³/mol. The number of amides is 2. The van der Waals surface area contributed by atoms with Crippen molar-refractivity contribution < 1.29 is 14.7 Å². The lowest BCUT2D eigenvalue weighted by molar-refractivity contribution is 0.0922. The van der Waals surface area contributed by atoms with Gasteiger partial charge < -0.3 is 16.2 Å². The van der Waals surface area contributed by atoms with Gasteiger partial charge in [0, 0.05) is 17.7 Å². The van der Waals surface area contributed by atoms with Gasteiger partial charge in [0.25, 0.3) is 5.91 Å². The standard InChI is InChI=1S/C11H14N2O3/c1-7(14)6-13-11(16)9-4-2-8(3-5-9)10(12)15/h2-5,7,14H,6H2,1H3,(H2,12,15)(H,13,16)/t7-/m0/s1. The molecule has 0 bridgehead atoms. The third kappa shape index (κ3) is 3.36. The Labute approximate surface area is 93.3 Å². The van der Waals surface area contributed by atoms with Gasteiger partial charge in [0.2, 0.25) is 5.91 Å². The third-order valence-electron chi connectivity index (χ3n) is 1.99. The van der Waals surface area contributed by atoms with E-state index in [2.05, 4.69) is 5.32 Å². The van der Waals surface area contributed by atoms with Gasteiger partial charge >= 0.3 is 0 Å². The van der Waals surface area contributed by atoms with Crippen LogP contribution in [-0.2, 0) is 0 Å². The maximum Gasteiger partial charge on any atom is 0.251 e. The van der Waals surface area contributed by atoms with Crippen molar-refractivity contribution in [1.82, 2.24) is 5.32 Å². The number of benzene rings is 1. The molecule has 1 atom stereocenters. The van der Waals surface area contributed by atoms with Crippen molar-refractivity contribution in [2.75, 3.05) is 6.54 Å². The van der Waals surface area contributed by atoms with Gasteiger partial charge in [-0.3, -0.25) is 9.59 Å². The van der Waals surface area contributed by atoms with Gasteiger partial charge in [-0.25, -0.2) is 0 Å². The van der Waals surface area contributed by atoms with Crippen molar-refractivity contribution >= 4 is 11.8 Å². The van der Waals surface area contributed by atoms with Crippen LogP contribution in [0.15, 0.2) is 24.3 Å². The van der Waals surface area contributed by atoms with Gasteiger partial charge in [0.1, 0.15) is 0 Å². The van der Waals surface area contributed by atoms with Crippen LogP contribution in [0.25, 0.3) is 0 Å². The quantitative estimate of drug-likeness (QED) is 0.664. The molecule has 5 nitrogen and oxygen atoms in total. The molecular weight excluding hydrogens is 208 g/mol. The first-order valence-electron chi connectivity index (χ1n) is 4.87. The van der Waals surface area contributed by atoms with Gasteiger partial charge in [-0.15, -0.1) is 0 Å². The summed E-state index contributed by atoms with van der Waals surface area (Å²) in [7, 11) is 0. The molecule has 1 aromatic carbocycles. The number of hydrogen-bond donors (Lipinski definition) is 3. The van der Waals surface area contributed by atoms with E-state index in [0.29, 0.717) is 11.1 Å². The number of nitrogens with two attached hydrogens (primary N) is 1. The zero-order valence-corrected chi connectivity index (χ0v) is 8.93. The van der Waals surface area contributed by atoms with Crippen LogP contribution in [0, 0.1) is 0 Å². The van der Waals surface area contributed by atoms with E-state index in [9.17, 15) is 9.59 Å². The normalized spacial score (nSPS) is 11.9. The van der Waals surface area contributed by atoms with E-state index >= 15 is 0 Å². The van der Waals surface area contributed by atoms with Crippen LogP contribution in [-0.4, -0.2) is 29.6 Å². The summed E-state index contributed by atoms with van der Waals surface area (Å²) in [4.78, 5) is 22.3. The molecule has 16 heavy (non-hydrogen) atoms. The van der Waals surface area contributed by atoms with Crippen LogP contribution in [0.3, 0.4) is 0 Å². The summed E-state index contributed by atoms with van der Waals surface area (Å²) in [5.41, 5.74) is 5.84. The number of rotatable bonds is 4. The van der Waals surface area contributed by atoms with Crippen LogP contribution in [0.2, 0.25) is 0 Å². The molecule has 0 saturated heterocycles. The molecule has 0 heterocycles. The second-order valence-corrected chi connectivity index (χ2v) is 3.50. The minimum absolute atomic E-state index is 0.191. The zero-order chi connectivity index (χ0) is 12.1. The average Bonchev–Trinajstić information content (AvgIpc) is 2.26. The van der Waals surface area contributed by atoms with Crippen molar-refractivity contribution in [2.24, 2.45) is 5.73 Å². The summed E-state index contributed by atoms with van der Waals surface area (Å²) in [6.07, 6.45) is -0.589. The van der Waals surface area contributed by atoms with E-state index in [4.69, 9.17) is 10.8 Å². The van der Waals surface area contributed by atoms with E-state index < -0.39 is 12.0 Å². The number of aliphatic hydroxyl groups is 1. The van der Waals surface area contributed by atoms with Crippen molar-refractivity contribution in [3.05, 3.63) is 35.4 Å². The molecule has 86 valence electrons. The van der Waals surface area contributed by atoms with Crippen LogP contribution < -0.4 is 11.1 Å². The molecule has 0 fully saturated rings. The van der Waals surface area contributed by atoms with Gasteiger partial charge in [-0.2, -0.15) is 0 Å². The Morgan fingerprint density at radius 1 is 1.31 bits per heavy atom. The predicted octanol–water partition coefficient (Wildman–Crippen LogP) is -0.104. The number of primary amides is 1. The minimum Gasteiger partial charge on any atom is -0.392 e. The van der Waals surface area contributed by atoms with Crippen LogP contribution >= 0.6 is 0 Å². The Morgan fingerprint density at radius 3 is 2.25 bits per heavy atom. The van der Waals surface area contributed by atoms with Gasteiger partial charge in [-0.1, -0.05) is 0 Å². The Balaban J connectivity index is 2.67. The minimum atomic E-state index is -0.589. The summed E-state index contributed by atoms with van der Waals surface area (Å²) in [5, 5.41) is 11.5. The summed E-state index contributed by atoms with van der Waals surface area (Å²) in [6.45, 7) is 1.77. The molecule has 0 spiro atoms. The van der Waals surface area contributed by atoms with Crippen LogP contribution in [0.5, 0.6) is 0 Å². The highest BCUT2D eigenvalue weighted by Gasteiger charge is 2.07. The zero-order valence-electron chi connectivity index (χ0n) is 8.93. The molecule has 0 aliphatic carbocycles. The lowest BCUT2D eigenvalue weighted by Crippen LogP contribution is -2.30. The first kappa shape index (κ1) is 12.2. The summed E-state index contributed by atoms with van der Waals surface area (Å²) < 4.78 is 0. The molecule has 1 aromatic rings. The molecule has 1 rings (SSSR count). The molecule has 0 saturated carbocycles. The van der Waals surface area contributed by atoms with Crippen molar-refractivity contribution in [1.29, 1.82) is 0 Å². The van der Waals surface area contributed by atoms with E-state index in [-0.39, 0.29) is 12.5 Å². The lowest BCUT2D eigenvalue weighted by atomic mass is 10.1. The fourth-order valence-corrected chi connectivity index (χ4v) is 1.13. The van der Waals surface area contributed by atoms with E-state index in [1.54, 1.807) is 6.92 Å². The number of hydrogen-bond acceptors (Lipinski definition) is 3. The largest absolute Gasteiger partial charge is 0.392 e. The van der Waals surface area contributed by atoms with Gasteiger partial charge in [0.05, 0.1) is 6.10 Å². The summed E-state index contributed by atoms with van der Waals surface area (Å²) in [5.74, 6) is -0.826. The molecule has 2 amide bonds. The fraction of sp³-hybridized carbons (Fsp3) is 0.273. The highest BCUT2D eigenvalue weighted by molar-refractivity contribution is 5.97. The highest BCUT2D eigenvalue weighted by Crippen LogP contribution is 2.03. The molecule has 5 heteroatoms. The summed E-state index contributed by atoms with van der Waals surface area (Å²) in [6, 6.07) is 5.99. The second-order valence-electron chi connectivity index (χ2n) is 3.50. The monoisotopic (exact) mass is 222 g/mol. The van der Waals surface area contributed by atoms with E-state index in [1.165, 1.54) is 24.3 Å². The molecule has 0 aromatic heterocycles. The molecule has 0 unspecified atom stereocenters. The van der Waals surface area contributed by atoms with Crippen LogP contribution in [0.4, 0.5) is 0 Å². The summed E-state index contributed by atoms with van der Waals surface area (Å²) >= 11 is 0. The average molecular weight is 222 g/mol. The number of aliphatic hydroxyl groups excluding tert-OH is 1. The Hall–Kier alpha value is -1.88. The van der Waals surface area contributed by atoms with Crippen LogP contribution in [0.1, 0.15) is 27.6 Å². The lowest BCUT2D eigenvalue weighted by Gasteiger charge is -2.07. The smallest absolute Gasteiger partial charge is 0.251 e. The van der Waals surface area contributed by atoms with Crippen molar-refractivity contribution in [3.8, 4) is 0 Å². The molecular formula is C11H14N2O3. The Kier molecular flexibility index (Phi) is 4.02. The first-order valence-corrected chi connectivity index (χ1v) is 4.87. The third-order valence-corrected chi connectivity index (χ3v) is 1.99.